The lowest BCUT2D eigenvalue weighted by atomic mass is 9.96. The first-order valence-corrected chi connectivity index (χ1v) is 22.8. The lowest BCUT2D eigenvalue weighted by molar-refractivity contribution is 1.19. The molecule has 66 heavy (non-hydrogen) atoms. The largest absolute Gasteiger partial charge is 0.310 e. The Labute approximate surface area is 383 Å². The highest BCUT2D eigenvalue weighted by atomic mass is 15.1. The van der Waals surface area contributed by atoms with Crippen molar-refractivity contribution in [1.82, 2.24) is 4.57 Å². The van der Waals surface area contributed by atoms with Crippen molar-refractivity contribution < 1.29 is 0 Å². The van der Waals surface area contributed by atoms with Crippen LogP contribution in [0, 0.1) is 0 Å². The van der Waals surface area contributed by atoms with E-state index >= 15 is 0 Å². The molecule has 13 rings (SSSR count). The molecular weight excluding hydrogens is 797 g/mol. The molecule has 0 radical (unpaired) electrons. The molecule has 2 nitrogen and oxygen atoms in total. The lowest BCUT2D eigenvalue weighted by Crippen LogP contribution is -2.11. The van der Waals surface area contributed by atoms with Crippen molar-refractivity contribution in [2.45, 2.75) is 0 Å². The van der Waals surface area contributed by atoms with Crippen LogP contribution in [0.4, 0.5) is 17.1 Å². The summed E-state index contributed by atoms with van der Waals surface area (Å²) in [7, 11) is 0. The summed E-state index contributed by atoms with van der Waals surface area (Å²) in [6, 6.07) is 93.3. The van der Waals surface area contributed by atoms with E-state index in [1.165, 1.54) is 92.7 Å². The highest BCUT2D eigenvalue weighted by Gasteiger charge is 2.21. The number of para-hydroxylation sites is 1. The van der Waals surface area contributed by atoms with Gasteiger partial charge in [0.05, 0.1) is 16.7 Å². The first kappa shape index (κ1) is 37.8. The quantitative estimate of drug-likeness (QED) is 0.145. The number of nitrogens with zero attached hydrogens (tertiary/aromatic N) is 2. The predicted molar refractivity (Wildman–Crippen MR) is 282 cm³/mol. The summed E-state index contributed by atoms with van der Waals surface area (Å²) in [6.45, 7) is 0. The molecule has 12 aromatic carbocycles. The van der Waals surface area contributed by atoms with Gasteiger partial charge in [0.25, 0.3) is 0 Å². The third-order valence-corrected chi connectivity index (χ3v) is 13.5. The monoisotopic (exact) mass is 838 g/mol. The molecule has 2 heteroatoms. The van der Waals surface area contributed by atoms with Gasteiger partial charge in [-0.2, -0.15) is 0 Å². The molecule has 0 aliphatic rings. The molecule has 0 saturated carbocycles. The van der Waals surface area contributed by atoms with Gasteiger partial charge in [0, 0.05) is 38.6 Å². The zero-order valence-corrected chi connectivity index (χ0v) is 36.1. The van der Waals surface area contributed by atoms with Crippen LogP contribution in [0.15, 0.2) is 255 Å². The molecular formula is C64H42N2. The molecule has 0 fully saturated rings. The topological polar surface area (TPSA) is 8.17 Å². The molecule has 0 atom stereocenters. The number of hydrogen-bond donors (Lipinski definition) is 0. The van der Waals surface area contributed by atoms with E-state index < -0.39 is 0 Å². The van der Waals surface area contributed by atoms with Gasteiger partial charge in [-0.3, -0.25) is 0 Å². The van der Waals surface area contributed by atoms with Gasteiger partial charge in [0.1, 0.15) is 0 Å². The van der Waals surface area contributed by atoms with E-state index in [1.54, 1.807) is 0 Å². The van der Waals surface area contributed by atoms with E-state index in [9.17, 15) is 0 Å². The van der Waals surface area contributed by atoms with E-state index in [2.05, 4.69) is 264 Å². The number of benzene rings is 12. The summed E-state index contributed by atoms with van der Waals surface area (Å²) < 4.78 is 2.45. The average molecular weight is 839 g/mol. The predicted octanol–water partition coefficient (Wildman–Crippen LogP) is 17.9. The molecule has 13 aromatic rings. The van der Waals surface area contributed by atoms with Crippen LogP contribution < -0.4 is 4.90 Å². The first-order valence-electron chi connectivity index (χ1n) is 22.8. The van der Waals surface area contributed by atoms with Crippen molar-refractivity contribution >= 4 is 82.0 Å². The van der Waals surface area contributed by atoms with Gasteiger partial charge in [-0.1, -0.05) is 206 Å². The Morgan fingerprint density at radius 1 is 0.288 bits per heavy atom. The Morgan fingerprint density at radius 3 is 1.65 bits per heavy atom. The van der Waals surface area contributed by atoms with E-state index in [0.717, 1.165) is 28.3 Å². The van der Waals surface area contributed by atoms with E-state index in [1.807, 2.05) is 0 Å². The normalized spacial score (nSPS) is 11.6. The fraction of sp³-hybridized carbons (Fsp3) is 0. The van der Waals surface area contributed by atoms with Crippen molar-refractivity contribution in [3.05, 3.63) is 255 Å². The second kappa shape index (κ2) is 15.5. The zero-order chi connectivity index (χ0) is 43.6. The number of hydrogen-bond acceptors (Lipinski definition) is 1. The Kier molecular flexibility index (Phi) is 8.89. The van der Waals surface area contributed by atoms with Gasteiger partial charge < -0.3 is 9.47 Å². The molecule has 0 N–H and O–H groups in total. The second-order valence-electron chi connectivity index (χ2n) is 17.3. The van der Waals surface area contributed by atoms with Crippen LogP contribution in [-0.2, 0) is 0 Å². The average Bonchev–Trinajstić information content (AvgIpc) is 3.74. The van der Waals surface area contributed by atoms with E-state index in [-0.39, 0.29) is 0 Å². The Hall–Kier alpha value is -8.72. The first-order chi connectivity index (χ1) is 32.7. The summed E-state index contributed by atoms with van der Waals surface area (Å²) in [5.41, 5.74) is 14.1. The van der Waals surface area contributed by atoms with Gasteiger partial charge >= 0.3 is 0 Å². The van der Waals surface area contributed by atoms with Crippen LogP contribution >= 0.6 is 0 Å². The Morgan fingerprint density at radius 2 is 0.864 bits per heavy atom. The Bertz CT molecular complexity index is 3970. The van der Waals surface area contributed by atoms with E-state index in [4.69, 9.17) is 0 Å². The SMILES string of the molecule is c1ccc(-n2c3cccc(-c4cccc(N(c5ccc(-c6ccc(-c7cccc8ccccc78)cc6)cc5)c5cc6ccccc6c6ccccc56)c4)c3c3ccc4ccccc4c32)cc1. The third kappa shape index (κ3) is 6.18. The summed E-state index contributed by atoms with van der Waals surface area (Å²) >= 11 is 0. The maximum atomic E-state index is 2.45. The van der Waals surface area contributed by atoms with Crippen LogP contribution in [0.25, 0.3) is 104 Å². The molecule has 0 bridgehead atoms. The molecule has 0 unspecified atom stereocenters. The summed E-state index contributed by atoms with van der Waals surface area (Å²) in [6.07, 6.45) is 0. The molecule has 0 spiro atoms. The fourth-order valence-corrected chi connectivity index (χ4v) is 10.5. The van der Waals surface area contributed by atoms with Crippen molar-refractivity contribution in [1.29, 1.82) is 0 Å². The van der Waals surface area contributed by atoms with Gasteiger partial charge in [-0.15, -0.1) is 0 Å². The molecule has 1 aromatic heterocycles. The molecule has 0 amide bonds. The molecule has 308 valence electrons. The Balaban J connectivity index is 0.976. The smallest absolute Gasteiger partial charge is 0.0619 e. The van der Waals surface area contributed by atoms with Gasteiger partial charge in [-0.05, 0) is 114 Å². The molecule has 0 aliphatic heterocycles. The molecule has 0 aliphatic carbocycles. The second-order valence-corrected chi connectivity index (χ2v) is 17.3. The van der Waals surface area contributed by atoms with Gasteiger partial charge in [0.15, 0.2) is 0 Å². The van der Waals surface area contributed by atoms with E-state index in [0.29, 0.717) is 0 Å². The summed E-state index contributed by atoms with van der Waals surface area (Å²) in [5.74, 6) is 0. The van der Waals surface area contributed by atoms with Crippen LogP contribution in [0.5, 0.6) is 0 Å². The number of anilines is 3. The molecule has 1 heterocycles. The highest BCUT2D eigenvalue weighted by Crippen LogP contribution is 2.46. The van der Waals surface area contributed by atoms with Crippen molar-refractivity contribution in [3.8, 4) is 39.1 Å². The van der Waals surface area contributed by atoms with Crippen molar-refractivity contribution in [2.75, 3.05) is 4.90 Å². The minimum Gasteiger partial charge on any atom is -0.310 e. The standard InChI is InChI=1S/C64H42N2/c1-2-20-50(21-3-1)66-61-30-14-29-56(63(61)60-40-37-46-16-5-9-25-57(46)64(60)66)48-19-12-22-52(41-48)65(62-42-49-17-6-8-24-55(49)58-26-10-11-27-59(58)62)51-38-35-44(36-39-51)43-31-33-47(34-32-43)54-28-13-18-45-15-4-7-23-53(45)54/h1-42H. The maximum Gasteiger partial charge on any atom is 0.0619 e. The van der Waals surface area contributed by atoms with Crippen LogP contribution in [-0.4, -0.2) is 4.57 Å². The maximum absolute atomic E-state index is 2.45. The van der Waals surface area contributed by atoms with Gasteiger partial charge in [-0.25, -0.2) is 0 Å². The molecule has 0 saturated heterocycles. The van der Waals surface area contributed by atoms with Crippen molar-refractivity contribution in [3.63, 3.8) is 0 Å². The fourth-order valence-electron chi connectivity index (χ4n) is 10.5. The number of fused-ring (bicyclic) bond motifs is 9. The van der Waals surface area contributed by atoms with Crippen LogP contribution in [0.1, 0.15) is 0 Å². The zero-order valence-electron chi connectivity index (χ0n) is 36.1. The van der Waals surface area contributed by atoms with Gasteiger partial charge in [0.2, 0.25) is 0 Å². The lowest BCUT2D eigenvalue weighted by Gasteiger charge is -2.28. The number of aromatic nitrogens is 1. The van der Waals surface area contributed by atoms with Crippen LogP contribution in [0.2, 0.25) is 0 Å². The third-order valence-electron chi connectivity index (χ3n) is 13.5. The van der Waals surface area contributed by atoms with Crippen LogP contribution in [0.3, 0.4) is 0 Å². The van der Waals surface area contributed by atoms with Crippen molar-refractivity contribution in [2.24, 2.45) is 0 Å². The summed E-state index contributed by atoms with van der Waals surface area (Å²) in [5, 5.41) is 12.4. The highest BCUT2D eigenvalue weighted by molar-refractivity contribution is 6.22. The number of rotatable bonds is 7. The minimum absolute atomic E-state index is 1.09. The summed E-state index contributed by atoms with van der Waals surface area (Å²) in [4.78, 5) is 2.45. The minimum atomic E-state index is 1.09.